The summed E-state index contributed by atoms with van der Waals surface area (Å²) >= 11 is 0. The maximum absolute atomic E-state index is 11.9. The molecule has 1 saturated heterocycles. The highest BCUT2D eigenvalue weighted by Crippen LogP contribution is 2.27. The molecule has 1 aliphatic rings. The number of esters is 1. The SMILES string of the molecule is CNCCCNC(=O)CCC(=O)OCC(OC(C)C)OC1COC(C)(C)C1. The third-order valence-corrected chi connectivity index (χ3v) is 4.01. The van der Waals surface area contributed by atoms with Crippen LogP contribution in [0.4, 0.5) is 0 Å². The smallest absolute Gasteiger partial charge is 0.306 e. The average Bonchev–Trinajstić information content (AvgIpc) is 2.92. The summed E-state index contributed by atoms with van der Waals surface area (Å²) in [4.78, 5) is 23.6. The van der Waals surface area contributed by atoms with Gasteiger partial charge in [-0.3, -0.25) is 9.59 Å². The molecule has 8 nitrogen and oxygen atoms in total. The topological polar surface area (TPSA) is 95.1 Å². The monoisotopic (exact) mass is 388 g/mol. The second-order valence-corrected chi connectivity index (χ2v) is 7.64. The van der Waals surface area contributed by atoms with E-state index in [1.54, 1.807) is 0 Å². The number of nitrogens with one attached hydrogen (secondary N) is 2. The molecule has 1 rings (SSSR count). The summed E-state index contributed by atoms with van der Waals surface area (Å²) in [6, 6.07) is 0. The van der Waals surface area contributed by atoms with Gasteiger partial charge in [0.15, 0.2) is 6.29 Å². The Kier molecular flexibility index (Phi) is 10.8. The summed E-state index contributed by atoms with van der Waals surface area (Å²) in [7, 11) is 1.86. The van der Waals surface area contributed by atoms with Crippen molar-refractivity contribution in [1.82, 2.24) is 10.6 Å². The molecule has 1 fully saturated rings. The van der Waals surface area contributed by atoms with Gasteiger partial charge in [0.05, 0.1) is 30.8 Å². The van der Waals surface area contributed by atoms with Crippen LogP contribution in [0, 0.1) is 0 Å². The van der Waals surface area contributed by atoms with Gasteiger partial charge in [-0.05, 0) is 47.7 Å². The molecule has 8 heteroatoms. The van der Waals surface area contributed by atoms with Crippen molar-refractivity contribution in [1.29, 1.82) is 0 Å². The minimum Gasteiger partial charge on any atom is -0.460 e. The first kappa shape index (κ1) is 23.8. The zero-order valence-corrected chi connectivity index (χ0v) is 17.3. The van der Waals surface area contributed by atoms with Crippen LogP contribution in [0.3, 0.4) is 0 Å². The van der Waals surface area contributed by atoms with Crippen molar-refractivity contribution in [2.75, 3.05) is 33.4 Å². The molecule has 0 bridgehead atoms. The van der Waals surface area contributed by atoms with Gasteiger partial charge in [-0.2, -0.15) is 0 Å². The van der Waals surface area contributed by atoms with Crippen LogP contribution in [0.1, 0.15) is 53.4 Å². The van der Waals surface area contributed by atoms with Crippen molar-refractivity contribution in [3.63, 3.8) is 0 Å². The first-order valence-electron chi connectivity index (χ1n) is 9.73. The molecule has 2 unspecified atom stereocenters. The summed E-state index contributed by atoms with van der Waals surface area (Å²) in [6.45, 7) is 9.73. The first-order chi connectivity index (χ1) is 12.7. The highest BCUT2D eigenvalue weighted by molar-refractivity contribution is 5.81. The Labute approximate surface area is 162 Å². The maximum Gasteiger partial charge on any atom is 0.306 e. The molecule has 2 N–H and O–H groups in total. The molecule has 27 heavy (non-hydrogen) atoms. The van der Waals surface area contributed by atoms with Gasteiger partial charge < -0.3 is 29.6 Å². The van der Waals surface area contributed by atoms with Gasteiger partial charge in [0.1, 0.15) is 6.61 Å². The third kappa shape index (κ3) is 11.3. The van der Waals surface area contributed by atoms with E-state index in [0.717, 1.165) is 19.4 Å². The fraction of sp³-hybridized carbons (Fsp3) is 0.895. The number of amides is 1. The van der Waals surface area contributed by atoms with Crippen LogP contribution in [0.25, 0.3) is 0 Å². The normalized spacial score (nSPS) is 19.9. The minimum absolute atomic E-state index is 0.00225. The van der Waals surface area contributed by atoms with E-state index in [-0.39, 0.29) is 43.2 Å². The lowest BCUT2D eigenvalue weighted by atomic mass is 10.1. The first-order valence-corrected chi connectivity index (χ1v) is 9.73. The zero-order chi connectivity index (χ0) is 20.3. The van der Waals surface area contributed by atoms with Crippen LogP contribution < -0.4 is 10.6 Å². The second kappa shape index (κ2) is 12.3. The van der Waals surface area contributed by atoms with Gasteiger partial charge in [0.2, 0.25) is 5.91 Å². The molecule has 0 aliphatic carbocycles. The molecule has 1 aliphatic heterocycles. The molecular formula is C19H36N2O6. The number of hydrogen-bond acceptors (Lipinski definition) is 7. The Bertz CT molecular complexity index is 455. The number of carbonyl (C=O) groups is 2. The van der Waals surface area contributed by atoms with Crippen LogP contribution in [0.5, 0.6) is 0 Å². The number of hydrogen-bond donors (Lipinski definition) is 2. The molecule has 0 radical (unpaired) electrons. The predicted molar refractivity (Wildman–Crippen MR) is 101 cm³/mol. The molecule has 1 heterocycles. The molecule has 0 aromatic carbocycles. The van der Waals surface area contributed by atoms with Crippen LogP contribution in [-0.4, -0.2) is 69.3 Å². The Morgan fingerprint density at radius 2 is 1.96 bits per heavy atom. The highest BCUT2D eigenvalue weighted by atomic mass is 16.7. The van der Waals surface area contributed by atoms with Gasteiger partial charge in [-0.25, -0.2) is 0 Å². The molecule has 2 atom stereocenters. The molecular weight excluding hydrogens is 352 g/mol. The van der Waals surface area contributed by atoms with Crippen molar-refractivity contribution in [3.8, 4) is 0 Å². The van der Waals surface area contributed by atoms with E-state index in [0.29, 0.717) is 13.2 Å². The lowest BCUT2D eigenvalue weighted by molar-refractivity contribution is -0.211. The van der Waals surface area contributed by atoms with E-state index in [1.165, 1.54) is 0 Å². The summed E-state index contributed by atoms with van der Waals surface area (Å²) in [5, 5.41) is 5.78. The minimum atomic E-state index is -0.646. The van der Waals surface area contributed by atoms with Crippen LogP contribution in [-0.2, 0) is 28.5 Å². The number of carbonyl (C=O) groups excluding carboxylic acids is 2. The van der Waals surface area contributed by atoms with E-state index in [4.69, 9.17) is 18.9 Å². The van der Waals surface area contributed by atoms with Crippen molar-refractivity contribution in [3.05, 3.63) is 0 Å². The van der Waals surface area contributed by atoms with Crippen molar-refractivity contribution in [2.45, 2.75) is 77.5 Å². The van der Waals surface area contributed by atoms with Crippen molar-refractivity contribution >= 4 is 11.9 Å². The van der Waals surface area contributed by atoms with Gasteiger partial charge in [0, 0.05) is 19.4 Å². The van der Waals surface area contributed by atoms with E-state index in [2.05, 4.69) is 10.6 Å². The fourth-order valence-corrected chi connectivity index (χ4v) is 2.73. The lowest BCUT2D eigenvalue weighted by Gasteiger charge is -2.24. The Morgan fingerprint density at radius 1 is 1.22 bits per heavy atom. The zero-order valence-electron chi connectivity index (χ0n) is 17.3. The fourth-order valence-electron chi connectivity index (χ4n) is 2.73. The maximum atomic E-state index is 11.9. The van der Waals surface area contributed by atoms with Crippen molar-refractivity contribution in [2.24, 2.45) is 0 Å². The number of ether oxygens (including phenoxy) is 4. The summed E-state index contributed by atoms with van der Waals surface area (Å²) in [5.74, 6) is -0.594. The summed E-state index contributed by atoms with van der Waals surface area (Å²) in [5.41, 5.74) is -0.218. The summed E-state index contributed by atoms with van der Waals surface area (Å²) in [6.07, 6.45) is 0.947. The lowest BCUT2D eigenvalue weighted by Crippen LogP contribution is -2.33. The Hall–Kier alpha value is -1.22. The third-order valence-electron chi connectivity index (χ3n) is 4.01. The molecule has 0 aromatic heterocycles. The highest BCUT2D eigenvalue weighted by Gasteiger charge is 2.34. The van der Waals surface area contributed by atoms with Crippen LogP contribution >= 0.6 is 0 Å². The van der Waals surface area contributed by atoms with Crippen molar-refractivity contribution < 1.29 is 28.5 Å². The van der Waals surface area contributed by atoms with E-state index < -0.39 is 12.3 Å². The van der Waals surface area contributed by atoms with Crippen LogP contribution in [0.15, 0.2) is 0 Å². The average molecular weight is 389 g/mol. The van der Waals surface area contributed by atoms with Crippen LogP contribution in [0.2, 0.25) is 0 Å². The molecule has 0 spiro atoms. The van der Waals surface area contributed by atoms with Gasteiger partial charge >= 0.3 is 5.97 Å². The quantitative estimate of drug-likeness (QED) is 0.279. The second-order valence-electron chi connectivity index (χ2n) is 7.64. The molecule has 1 amide bonds. The standard InChI is InChI=1S/C19H36N2O6/c1-14(2)26-18(27-15-11-19(3,4)25-12-15)13-24-17(23)8-7-16(22)21-10-6-9-20-5/h14-15,18,20H,6-13H2,1-5H3,(H,21,22). The Morgan fingerprint density at radius 3 is 2.56 bits per heavy atom. The van der Waals surface area contributed by atoms with Gasteiger partial charge in [-0.15, -0.1) is 0 Å². The van der Waals surface area contributed by atoms with Gasteiger partial charge in [-0.1, -0.05) is 0 Å². The van der Waals surface area contributed by atoms with Gasteiger partial charge in [0.25, 0.3) is 0 Å². The molecule has 0 aromatic rings. The molecule has 0 saturated carbocycles. The summed E-state index contributed by atoms with van der Waals surface area (Å²) < 4.78 is 22.5. The largest absolute Gasteiger partial charge is 0.460 e. The number of rotatable bonds is 13. The van der Waals surface area contributed by atoms with E-state index in [1.807, 2.05) is 34.7 Å². The van der Waals surface area contributed by atoms with E-state index in [9.17, 15) is 9.59 Å². The van der Waals surface area contributed by atoms with E-state index >= 15 is 0 Å². The predicted octanol–water partition coefficient (Wildman–Crippen LogP) is 1.37. The Balaban J connectivity index is 2.28. The molecule has 158 valence electrons.